The minimum absolute atomic E-state index is 0.0162. The van der Waals surface area contributed by atoms with Crippen molar-refractivity contribution in [2.45, 2.75) is 44.8 Å². The third-order valence-corrected chi connectivity index (χ3v) is 5.23. The van der Waals surface area contributed by atoms with Gasteiger partial charge in [0.25, 0.3) is 0 Å². The van der Waals surface area contributed by atoms with E-state index >= 15 is 0 Å². The Labute approximate surface area is 165 Å². The summed E-state index contributed by atoms with van der Waals surface area (Å²) in [5, 5.41) is 4.13. The number of thiocarbonyl (C=S) groups is 1. The molecule has 0 aromatic carbocycles. The smallest absolute Gasteiger partial charge is 0.305 e. The third-order valence-electron chi connectivity index (χ3n) is 4.88. The highest BCUT2D eigenvalue weighted by Gasteiger charge is 2.40. The van der Waals surface area contributed by atoms with Gasteiger partial charge in [0, 0.05) is 37.1 Å². The monoisotopic (exact) mass is 386 g/mol. The van der Waals surface area contributed by atoms with Gasteiger partial charge >= 0.3 is 5.97 Å². The van der Waals surface area contributed by atoms with E-state index in [-0.39, 0.29) is 18.1 Å². The predicted molar refractivity (Wildman–Crippen MR) is 108 cm³/mol. The molecule has 0 spiro atoms. The molecule has 1 saturated heterocycles. The number of methoxy groups -OCH3 is 1. The first-order chi connectivity index (χ1) is 13.0. The van der Waals surface area contributed by atoms with Gasteiger partial charge in [-0.2, -0.15) is 0 Å². The van der Waals surface area contributed by atoms with E-state index in [4.69, 9.17) is 17.0 Å². The lowest BCUT2D eigenvalue weighted by atomic mass is 10.0. The van der Waals surface area contributed by atoms with Crippen LogP contribution < -0.4 is 5.32 Å². The van der Waals surface area contributed by atoms with E-state index < -0.39 is 0 Å². The SMILES string of the molecule is COC(=O)CCCN1C(=S)NC(c2ccccn2)C1c1cccn1C(C)C. The Hall–Kier alpha value is -2.41. The molecule has 2 aromatic heterocycles. The van der Waals surface area contributed by atoms with Gasteiger partial charge in [0.15, 0.2) is 5.11 Å². The van der Waals surface area contributed by atoms with E-state index in [2.05, 4.69) is 51.9 Å². The van der Waals surface area contributed by atoms with E-state index in [1.165, 1.54) is 12.8 Å². The summed E-state index contributed by atoms with van der Waals surface area (Å²) in [4.78, 5) is 18.2. The lowest BCUT2D eigenvalue weighted by molar-refractivity contribution is -0.140. The molecule has 1 aliphatic heterocycles. The first-order valence-electron chi connectivity index (χ1n) is 9.24. The highest BCUT2D eigenvalue weighted by Crippen LogP contribution is 2.39. The molecular formula is C20H26N4O2S. The molecule has 3 heterocycles. The normalized spacial score (nSPS) is 19.4. The minimum atomic E-state index is -0.198. The second kappa shape index (κ2) is 8.52. The average molecular weight is 387 g/mol. The number of carbonyl (C=O) groups excluding carboxylic acids is 1. The first kappa shape index (κ1) is 19.4. The van der Waals surface area contributed by atoms with Gasteiger partial charge < -0.3 is 19.5 Å². The summed E-state index contributed by atoms with van der Waals surface area (Å²) in [5.74, 6) is -0.198. The maximum absolute atomic E-state index is 11.5. The second-order valence-electron chi connectivity index (χ2n) is 6.93. The summed E-state index contributed by atoms with van der Waals surface area (Å²) >= 11 is 5.65. The van der Waals surface area contributed by atoms with Crippen molar-refractivity contribution in [3.8, 4) is 0 Å². The molecule has 1 fully saturated rings. The van der Waals surface area contributed by atoms with Crippen LogP contribution >= 0.6 is 12.2 Å². The molecule has 2 unspecified atom stereocenters. The van der Waals surface area contributed by atoms with Crippen LogP contribution in [0.15, 0.2) is 42.7 Å². The van der Waals surface area contributed by atoms with Crippen molar-refractivity contribution in [1.29, 1.82) is 0 Å². The standard InChI is InChI=1S/C20H26N4O2S/c1-14(2)23-12-6-9-16(23)19-18(15-8-4-5-11-21-15)22-20(27)24(19)13-7-10-17(25)26-3/h4-6,8-9,11-12,14,18-19H,7,10,13H2,1-3H3,(H,22,27). The van der Waals surface area contributed by atoms with Gasteiger partial charge in [-0.1, -0.05) is 6.07 Å². The Morgan fingerprint density at radius 3 is 2.81 bits per heavy atom. The molecular weight excluding hydrogens is 360 g/mol. The van der Waals surface area contributed by atoms with Crippen LogP contribution in [0.25, 0.3) is 0 Å². The quantitative estimate of drug-likeness (QED) is 0.581. The van der Waals surface area contributed by atoms with Crippen LogP contribution in [0.2, 0.25) is 0 Å². The third kappa shape index (κ3) is 4.13. The highest BCUT2D eigenvalue weighted by molar-refractivity contribution is 7.80. The molecule has 1 aliphatic rings. The van der Waals surface area contributed by atoms with E-state index in [9.17, 15) is 4.79 Å². The summed E-state index contributed by atoms with van der Waals surface area (Å²) in [6.07, 6.45) is 4.96. The van der Waals surface area contributed by atoms with Crippen molar-refractivity contribution in [1.82, 2.24) is 19.8 Å². The van der Waals surface area contributed by atoms with Crippen molar-refractivity contribution < 1.29 is 9.53 Å². The number of esters is 1. The summed E-state index contributed by atoms with van der Waals surface area (Å²) in [6.45, 7) is 5.02. The van der Waals surface area contributed by atoms with E-state index in [0.29, 0.717) is 30.5 Å². The number of hydrogen-bond donors (Lipinski definition) is 1. The largest absolute Gasteiger partial charge is 0.469 e. The number of nitrogens with zero attached hydrogens (tertiary/aromatic N) is 3. The molecule has 3 rings (SSSR count). The van der Waals surface area contributed by atoms with Crippen LogP contribution in [0.1, 0.15) is 56.2 Å². The summed E-state index contributed by atoms with van der Waals surface area (Å²) in [7, 11) is 1.42. The maximum Gasteiger partial charge on any atom is 0.305 e. The predicted octanol–water partition coefficient (Wildman–Crippen LogP) is 3.39. The number of aromatic nitrogens is 2. The van der Waals surface area contributed by atoms with Gasteiger partial charge in [0.05, 0.1) is 24.9 Å². The Bertz CT molecular complexity index is 790. The van der Waals surface area contributed by atoms with Crippen LogP contribution in [0.4, 0.5) is 0 Å². The Balaban J connectivity index is 1.92. The number of ether oxygens (including phenoxy) is 1. The number of nitrogens with one attached hydrogen (secondary N) is 1. The van der Waals surface area contributed by atoms with Gasteiger partial charge in [-0.3, -0.25) is 9.78 Å². The molecule has 0 saturated carbocycles. The Morgan fingerprint density at radius 1 is 1.33 bits per heavy atom. The van der Waals surface area contributed by atoms with Gasteiger partial charge in [-0.05, 0) is 56.8 Å². The van der Waals surface area contributed by atoms with Gasteiger partial charge in [0.1, 0.15) is 0 Å². The van der Waals surface area contributed by atoms with E-state index in [1.54, 1.807) is 6.20 Å². The van der Waals surface area contributed by atoms with Crippen LogP contribution in [-0.2, 0) is 9.53 Å². The lowest BCUT2D eigenvalue weighted by Crippen LogP contribution is -2.32. The maximum atomic E-state index is 11.5. The molecule has 0 radical (unpaired) electrons. The van der Waals surface area contributed by atoms with Crippen molar-refractivity contribution in [3.05, 3.63) is 54.1 Å². The van der Waals surface area contributed by atoms with Crippen LogP contribution in [-0.4, -0.2) is 39.2 Å². The van der Waals surface area contributed by atoms with Crippen LogP contribution in [0, 0.1) is 0 Å². The molecule has 144 valence electrons. The topological polar surface area (TPSA) is 59.4 Å². The number of carbonyl (C=O) groups is 1. The molecule has 7 heteroatoms. The van der Waals surface area contributed by atoms with Crippen molar-refractivity contribution >= 4 is 23.3 Å². The zero-order chi connectivity index (χ0) is 19.4. The van der Waals surface area contributed by atoms with Gasteiger partial charge in [-0.25, -0.2) is 0 Å². The Kier molecular flexibility index (Phi) is 6.11. The average Bonchev–Trinajstić information content (AvgIpc) is 3.27. The Morgan fingerprint density at radius 2 is 2.15 bits per heavy atom. The molecule has 0 aliphatic carbocycles. The van der Waals surface area contributed by atoms with E-state index in [0.717, 1.165) is 5.69 Å². The zero-order valence-electron chi connectivity index (χ0n) is 16.0. The zero-order valence-corrected chi connectivity index (χ0v) is 16.8. The molecule has 2 aromatic rings. The van der Waals surface area contributed by atoms with Crippen molar-refractivity contribution in [2.75, 3.05) is 13.7 Å². The first-order valence-corrected chi connectivity index (χ1v) is 9.65. The number of hydrogen-bond acceptors (Lipinski definition) is 4. The van der Waals surface area contributed by atoms with E-state index in [1.807, 2.05) is 18.2 Å². The molecule has 0 bridgehead atoms. The van der Waals surface area contributed by atoms with Crippen LogP contribution in [0.5, 0.6) is 0 Å². The fourth-order valence-corrected chi connectivity index (χ4v) is 3.92. The van der Waals surface area contributed by atoms with Crippen molar-refractivity contribution in [3.63, 3.8) is 0 Å². The summed E-state index contributed by atoms with van der Waals surface area (Å²) in [5.41, 5.74) is 2.14. The minimum Gasteiger partial charge on any atom is -0.469 e. The molecule has 27 heavy (non-hydrogen) atoms. The molecule has 0 amide bonds. The molecule has 1 N–H and O–H groups in total. The summed E-state index contributed by atoms with van der Waals surface area (Å²) in [6, 6.07) is 10.5. The van der Waals surface area contributed by atoms with Crippen molar-refractivity contribution in [2.24, 2.45) is 0 Å². The molecule has 2 atom stereocenters. The molecule has 6 nitrogen and oxygen atoms in total. The fraction of sp³-hybridized carbons (Fsp3) is 0.450. The lowest BCUT2D eigenvalue weighted by Gasteiger charge is -2.29. The van der Waals surface area contributed by atoms with Crippen LogP contribution in [0.3, 0.4) is 0 Å². The summed E-state index contributed by atoms with van der Waals surface area (Å²) < 4.78 is 7.03. The second-order valence-corrected chi connectivity index (χ2v) is 7.32. The fourth-order valence-electron chi connectivity index (χ4n) is 3.59. The highest BCUT2D eigenvalue weighted by atomic mass is 32.1. The number of rotatable bonds is 7. The van der Waals surface area contributed by atoms with Gasteiger partial charge in [0.2, 0.25) is 0 Å². The number of pyridine rings is 1. The van der Waals surface area contributed by atoms with Gasteiger partial charge in [-0.15, -0.1) is 0 Å².